The predicted octanol–water partition coefficient (Wildman–Crippen LogP) is 4.23. The van der Waals surface area contributed by atoms with E-state index in [4.69, 9.17) is 0 Å². The number of benzene rings is 1. The summed E-state index contributed by atoms with van der Waals surface area (Å²) in [6.45, 7) is 2.26. The number of rotatable bonds is 3. The van der Waals surface area contributed by atoms with Gasteiger partial charge in [0.15, 0.2) is 5.78 Å². The van der Waals surface area contributed by atoms with Crippen LogP contribution in [0.5, 0.6) is 0 Å². The molecule has 0 radical (unpaired) electrons. The largest absolute Gasteiger partial charge is 0.292 e. The third kappa shape index (κ3) is 3.09. The maximum absolute atomic E-state index is 12.9. The number of hydrogen-bond donors (Lipinski definition) is 0. The number of carbonyl (C=O) groups excluding carboxylic acids is 1. The first-order valence-electron chi connectivity index (χ1n) is 8.31. The van der Waals surface area contributed by atoms with E-state index in [1.165, 1.54) is 15.8 Å². The van der Waals surface area contributed by atoms with Crippen molar-refractivity contribution in [2.24, 2.45) is 5.92 Å². The van der Waals surface area contributed by atoms with Crippen LogP contribution in [0.3, 0.4) is 0 Å². The first-order valence-corrected chi connectivity index (χ1v) is 9.92. The second-order valence-corrected chi connectivity index (χ2v) is 8.64. The normalized spacial score (nSPS) is 16.8. The molecule has 0 saturated carbocycles. The zero-order chi connectivity index (χ0) is 17.6. The van der Waals surface area contributed by atoms with E-state index in [0.29, 0.717) is 11.5 Å². The summed E-state index contributed by atoms with van der Waals surface area (Å²) in [5.74, 6) is 0.565. The number of carbonyl (C=O) groups is 1. The Morgan fingerprint density at radius 2 is 2.12 bits per heavy atom. The number of Topliss-reactive ketones (excluding diaryl/α,β-unsaturated/α-hetero) is 1. The Labute approximate surface area is 157 Å². The summed E-state index contributed by atoms with van der Waals surface area (Å²) < 4.78 is 2.36. The standard InChI is InChI=1S/C19H17BrN2O2S/c1-11-2-7-14-16(8-11)25-18-17(14)19(24)22(10-21-18)9-15(23)12-3-5-13(20)6-4-12/h3-6,10-11H,2,7-9H2,1H3. The van der Waals surface area contributed by atoms with Crippen LogP contribution in [-0.4, -0.2) is 15.3 Å². The van der Waals surface area contributed by atoms with Crippen LogP contribution in [0.2, 0.25) is 0 Å². The fourth-order valence-corrected chi connectivity index (χ4v) is 4.97. The molecular weight excluding hydrogens is 400 g/mol. The van der Waals surface area contributed by atoms with Gasteiger partial charge in [-0.15, -0.1) is 11.3 Å². The summed E-state index contributed by atoms with van der Waals surface area (Å²) in [5, 5.41) is 0.720. The molecule has 1 aliphatic rings. The molecule has 4 nitrogen and oxygen atoms in total. The lowest BCUT2D eigenvalue weighted by Gasteiger charge is -2.17. The molecule has 0 aliphatic heterocycles. The number of nitrogens with zero attached hydrogens (tertiary/aromatic N) is 2. The SMILES string of the molecule is CC1CCc2c(sc3ncn(CC(=O)c4ccc(Br)cc4)c(=O)c23)C1. The zero-order valence-electron chi connectivity index (χ0n) is 13.8. The van der Waals surface area contributed by atoms with Crippen molar-refractivity contribution < 1.29 is 4.79 Å². The van der Waals surface area contributed by atoms with Gasteiger partial charge in [0, 0.05) is 14.9 Å². The van der Waals surface area contributed by atoms with Gasteiger partial charge in [-0.05, 0) is 42.9 Å². The molecule has 128 valence electrons. The number of hydrogen-bond acceptors (Lipinski definition) is 4. The van der Waals surface area contributed by atoms with Crippen molar-refractivity contribution in [1.29, 1.82) is 0 Å². The van der Waals surface area contributed by atoms with Crippen molar-refractivity contribution in [3.8, 4) is 0 Å². The highest BCUT2D eigenvalue weighted by Crippen LogP contribution is 2.35. The van der Waals surface area contributed by atoms with Crippen LogP contribution >= 0.6 is 27.3 Å². The van der Waals surface area contributed by atoms with E-state index < -0.39 is 0 Å². The summed E-state index contributed by atoms with van der Waals surface area (Å²) in [6, 6.07) is 7.18. The molecule has 1 aliphatic carbocycles. The second-order valence-electron chi connectivity index (χ2n) is 6.64. The molecule has 1 atom stereocenters. The minimum atomic E-state index is -0.0949. The monoisotopic (exact) mass is 416 g/mol. The number of thiophene rings is 1. The Hall–Kier alpha value is -1.79. The Bertz CT molecular complexity index is 1020. The van der Waals surface area contributed by atoms with Gasteiger partial charge in [0.1, 0.15) is 4.83 Å². The average molecular weight is 417 g/mol. The van der Waals surface area contributed by atoms with Crippen LogP contribution in [0.1, 0.15) is 34.1 Å². The molecular formula is C19H17BrN2O2S. The fraction of sp³-hybridized carbons (Fsp3) is 0.316. The van der Waals surface area contributed by atoms with Gasteiger partial charge in [-0.25, -0.2) is 4.98 Å². The Morgan fingerprint density at radius 3 is 2.88 bits per heavy atom. The highest BCUT2D eigenvalue weighted by atomic mass is 79.9. The Balaban J connectivity index is 1.71. The van der Waals surface area contributed by atoms with E-state index in [2.05, 4.69) is 27.8 Å². The van der Waals surface area contributed by atoms with E-state index in [9.17, 15) is 9.59 Å². The van der Waals surface area contributed by atoms with E-state index in [-0.39, 0.29) is 17.9 Å². The summed E-state index contributed by atoms with van der Waals surface area (Å²) in [4.78, 5) is 32.0. The maximum Gasteiger partial charge on any atom is 0.262 e. The van der Waals surface area contributed by atoms with E-state index in [1.54, 1.807) is 23.5 Å². The van der Waals surface area contributed by atoms with E-state index in [1.807, 2.05) is 12.1 Å². The molecule has 3 aromatic rings. The molecule has 0 N–H and O–H groups in total. The van der Waals surface area contributed by atoms with Crippen LogP contribution < -0.4 is 5.56 Å². The number of ketones is 1. The van der Waals surface area contributed by atoms with Crippen LogP contribution in [-0.2, 0) is 19.4 Å². The lowest BCUT2D eigenvalue weighted by Crippen LogP contribution is -2.25. The Kier molecular flexibility index (Phi) is 4.33. The van der Waals surface area contributed by atoms with E-state index in [0.717, 1.165) is 39.5 Å². The number of halogens is 1. The summed E-state index contributed by atoms with van der Waals surface area (Å²) in [5.41, 5.74) is 1.65. The highest BCUT2D eigenvalue weighted by Gasteiger charge is 2.23. The molecule has 0 spiro atoms. The molecule has 0 bridgehead atoms. The molecule has 0 saturated heterocycles. The zero-order valence-corrected chi connectivity index (χ0v) is 16.2. The Morgan fingerprint density at radius 1 is 1.36 bits per heavy atom. The third-order valence-electron chi connectivity index (χ3n) is 4.76. The van der Waals surface area contributed by atoms with Gasteiger partial charge in [-0.2, -0.15) is 0 Å². The van der Waals surface area contributed by atoms with Gasteiger partial charge < -0.3 is 0 Å². The minimum absolute atomic E-state index is 0.0183. The highest BCUT2D eigenvalue weighted by molar-refractivity contribution is 9.10. The van der Waals surface area contributed by atoms with Gasteiger partial charge in [0.2, 0.25) is 0 Å². The lowest BCUT2D eigenvalue weighted by molar-refractivity contribution is 0.0970. The van der Waals surface area contributed by atoms with Crippen LogP contribution in [0.15, 0.2) is 39.9 Å². The quantitative estimate of drug-likeness (QED) is 0.600. The van der Waals surface area contributed by atoms with Gasteiger partial charge >= 0.3 is 0 Å². The topological polar surface area (TPSA) is 52.0 Å². The molecule has 25 heavy (non-hydrogen) atoms. The lowest BCUT2D eigenvalue weighted by atomic mass is 9.89. The molecule has 0 amide bonds. The molecule has 1 aromatic carbocycles. The van der Waals surface area contributed by atoms with Crippen molar-refractivity contribution >= 4 is 43.3 Å². The van der Waals surface area contributed by atoms with Gasteiger partial charge in [-0.3, -0.25) is 14.2 Å². The smallest absolute Gasteiger partial charge is 0.262 e. The van der Waals surface area contributed by atoms with Crippen LogP contribution in [0.25, 0.3) is 10.2 Å². The van der Waals surface area contributed by atoms with Crippen molar-refractivity contribution in [1.82, 2.24) is 9.55 Å². The maximum atomic E-state index is 12.9. The first-order chi connectivity index (χ1) is 12.0. The van der Waals surface area contributed by atoms with Crippen LogP contribution in [0, 0.1) is 5.92 Å². The van der Waals surface area contributed by atoms with Gasteiger partial charge in [0.25, 0.3) is 5.56 Å². The third-order valence-corrected chi connectivity index (χ3v) is 6.45. The summed E-state index contributed by atoms with van der Waals surface area (Å²) in [6.07, 6.45) is 4.56. The van der Waals surface area contributed by atoms with Crippen molar-refractivity contribution in [3.63, 3.8) is 0 Å². The molecule has 1 unspecified atom stereocenters. The molecule has 2 aromatic heterocycles. The summed E-state index contributed by atoms with van der Waals surface area (Å²) >= 11 is 4.99. The average Bonchev–Trinajstić information content (AvgIpc) is 2.96. The molecule has 2 heterocycles. The van der Waals surface area contributed by atoms with Gasteiger partial charge in [-0.1, -0.05) is 35.0 Å². The molecule has 6 heteroatoms. The van der Waals surface area contributed by atoms with Crippen molar-refractivity contribution in [3.05, 3.63) is 61.4 Å². The van der Waals surface area contributed by atoms with Crippen LogP contribution in [0.4, 0.5) is 0 Å². The summed E-state index contributed by atoms with van der Waals surface area (Å²) in [7, 11) is 0. The second kappa shape index (κ2) is 6.50. The number of aromatic nitrogens is 2. The van der Waals surface area contributed by atoms with Crippen molar-refractivity contribution in [2.45, 2.75) is 32.7 Å². The molecule has 4 rings (SSSR count). The number of fused-ring (bicyclic) bond motifs is 3. The number of aryl methyl sites for hydroxylation is 1. The van der Waals surface area contributed by atoms with E-state index >= 15 is 0 Å². The fourth-order valence-electron chi connectivity index (χ4n) is 3.36. The van der Waals surface area contributed by atoms with Crippen molar-refractivity contribution in [2.75, 3.05) is 0 Å². The minimum Gasteiger partial charge on any atom is -0.292 e. The van der Waals surface area contributed by atoms with Gasteiger partial charge in [0.05, 0.1) is 18.3 Å². The first kappa shape index (κ1) is 16.7. The predicted molar refractivity (Wildman–Crippen MR) is 104 cm³/mol. The molecule has 0 fully saturated rings.